The lowest BCUT2D eigenvalue weighted by atomic mass is 10.2. The fourth-order valence-electron chi connectivity index (χ4n) is 2.94. The number of para-hydroxylation sites is 3. The van der Waals surface area contributed by atoms with Gasteiger partial charge in [0, 0.05) is 12.4 Å². The molecule has 9 nitrogen and oxygen atoms in total. The molecule has 0 spiro atoms. The molecule has 1 amide bonds. The predicted octanol–water partition coefficient (Wildman–Crippen LogP) is 3.54. The summed E-state index contributed by atoms with van der Waals surface area (Å²) in [7, 11) is 3.37. The molecule has 0 radical (unpaired) electrons. The van der Waals surface area contributed by atoms with Crippen molar-refractivity contribution in [2.75, 3.05) is 24.8 Å². The molecular weight excluding hydrogens is 416 g/mol. The molecule has 0 saturated heterocycles. The summed E-state index contributed by atoms with van der Waals surface area (Å²) in [5, 5.41) is 11.3. The zero-order valence-corrected chi connectivity index (χ0v) is 17.8. The van der Waals surface area contributed by atoms with Crippen molar-refractivity contribution >= 4 is 40.1 Å². The van der Waals surface area contributed by atoms with E-state index in [1.807, 2.05) is 43.4 Å². The van der Waals surface area contributed by atoms with Crippen LogP contribution in [0.25, 0.3) is 10.9 Å². The van der Waals surface area contributed by atoms with Crippen molar-refractivity contribution < 1.29 is 14.1 Å². The van der Waals surface area contributed by atoms with Crippen LogP contribution in [-0.2, 0) is 17.0 Å². The van der Waals surface area contributed by atoms with E-state index in [2.05, 4.69) is 30.7 Å². The van der Waals surface area contributed by atoms with Crippen molar-refractivity contribution in [3.05, 3.63) is 60.2 Å². The van der Waals surface area contributed by atoms with Gasteiger partial charge in [-0.3, -0.25) is 4.79 Å². The van der Waals surface area contributed by atoms with Crippen molar-refractivity contribution in [2.24, 2.45) is 0 Å². The van der Waals surface area contributed by atoms with Crippen molar-refractivity contribution in [1.29, 1.82) is 0 Å². The number of hydrogen-bond donors (Lipinski definition) is 2. The minimum absolute atomic E-state index is 0.0113. The fraction of sp³-hybridized carbons (Fsp3) is 0.190. The lowest BCUT2D eigenvalue weighted by Crippen LogP contribution is -2.15. The summed E-state index contributed by atoms with van der Waals surface area (Å²) in [6.45, 7) is 0. The second-order valence-electron chi connectivity index (χ2n) is 6.44. The van der Waals surface area contributed by atoms with Gasteiger partial charge in [0.05, 0.1) is 30.5 Å². The van der Waals surface area contributed by atoms with Crippen LogP contribution in [0, 0.1) is 0 Å². The van der Waals surface area contributed by atoms with Crippen LogP contribution >= 0.6 is 11.8 Å². The Kier molecular flexibility index (Phi) is 6.27. The van der Waals surface area contributed by atoms with Crippen LogP contribution in [0.4, 0.5) is 11.5 Å². The highest BCUT2D eigenvalue weighted by Gasteiger charge is 2.14. The van der Waals surface area contributed by atoms with E-state index >= 15 is 0 Å². The summed E-state index contributed by atoms with van der Waals surface area (Å²) in [5.41, 5.74) is 1.44. The molecule has 0 aliphatic heterocycles. The Labute approximate surface area is 182 Å². The first kappa shape index (κ1) is 20.6. The summed E-state index contributed by atoms with van der Waals surface area (Å²) < 4.78 is 10.5. The maximum atomic E-state index is 12.3. The van der Waals surface area contributed by atoms with E-state index in [4.69, 9.17) is 9.26 Å². The number of hydrogen-bond acceptors (Lipinski definition) is 9. The van der Waals surface area contributed by atoms with Crippen LogP contribution in [0.5, 0.6) is 5.75 Å². The van der Waals surface area contributed by atoms with E-state index in [9.17, 15) is 4.79 Å². The first-order chi connectivity index (χ1) is 15.2. The average molecular weight is 436 g/mol. The Morgan fingerprint density at radius 3 is 2.74 bits per heavy atom. The number of rotatable bonds is 8. The lowest BCUT2D eigenvalue weighted by Gasteiger charge is -2.08. The molecule has 2 heterocycles. The second kappa shape index (κ2) is 9.43. The number of thioether (sulfide) groups is 1. The first-order valence-corrected chi connectivity index (χ1v) is 10.5. The number of amides is 1. The van der Waals surface area contributed by atoms with Crippen LogP contribution in [0.3, 0.4) is 0 Å². The molecule has 4 rings (SSSR count). The normalized spacial score (nSPS) is 10.8. The number of benzene rings is 2. The molecule has 0 saturated carbocycles. The highest BCUT2D eigenvalue weighted by Crippen LogP contribution is 2.26. The minimum atomic E-state index is -0.263. The predicted molar refractivity (Wildman–Crippen MR) is 118 cm³/mol. The summed E-state index contributed by atoms with van der Waals surface area (Å²) in [6, 6.07) is 15.0. The molecule has 0 unspecified atom stereocenters. The fourth-order valence-corrected chi connectivity index (χ4v) is 3.63. The zero-order chi connectivity index (χ0) is 21.6. The second-order valence-corrected chi connectivity index (χ2v) is 7.38. The highest BCUT2D eigenvalue weighted by molar-refractivity contribution is 7.98. The maximum Gasteiger partial charge on any atom is 0.237 e. The maximum absolute atomic E-state index is 12.3. The minimum Gasteiger partial charge on any atom is -0.495 e. The van der Waals surface area contributed by atoms with E-state index in [1.54, 1.807) is 19.2 Å². The molecular formula is C21H20N6O3S. The van der Waals surface area contributed by atoms with Gasteiger partial charge in [-0.25, -0.2) is 9.97 Å². The van der Waals surface area contributed by atoms with Gasteiger partial charge in [0.1, 0.15) is 11.6 Å². The van der Waals surface area contributed by atoms with Crippen LogP contribution < -0.4 is 15.4 Å². The van der Waals surface area contributed by atoms with E-state index in [0.717, 1.165) is 16.7 Å². The Morgan fingerprint density at radius 1 is 1.10 bits per heavy atom. The lowest BCUT2D eigenvalue weighted by molar-refractivity contribution is -0.115. The number of carbonyl (C=O) groups is 1. The number of anilines is 2. The van der Waals surface area contributed by atoms with Crippen LogP contribution in [0.15, 0.2) is 58.2 Å². The Hall–Kier alpha value is -3.66. The summed E-state index contributed by atoms with van der Waals surface area (Å²) in [5.74, 6) is 2.17. The molecule has 0 fully saturated rings. The number of methoxy groups -OCH3 is 1. The molecule has 4 aromatic rings. The number of carbonyl (C=O) groups excluding carboxylic acids is 1. The van der Waals surface area contributed by atoms with E-state index in [-0.39, 0.29) is 12.3 Å². The standard InChI is InChI=1S/C21H20N6O3S/c1-22-20-13-7-3-4-8-14(13)24-21(26-20)31-12-19-25-17(27-30-19)11-18(28)23-15-9-5-6-10-16(15)29-2/h3-10H,11-12H2,1-2H3,(H,23,28)(H,22,24,26). The first-order valence-electron chi connectivity index (χ1n) is 9.48. The van der Waals surface area contributed by atoms with Gasteiger partial charge >= 0.3 is 0 Å². The third-order valence-electron chi connectivity index (χ3n) is 4.35. The van der Waals surface area contributed by atoms with E-state index in [0.29, 0.717) is 34.1 Å². The van der Waals surface area contributed by atoms with Crippen molar-refractivity contribution in [2.45, 2.75) is 17.3 Å². The molecule has 2 N–H and O–H groups in total. The van der Waals surface area contributed by atoms with Gasteiger partial charge in [0.15, 0.2) is 11.0 Å². The van der Waals surface area contributed by atoms with E-state index < -0.39 is 0 Å². The smallest absolute Gasteiger partial charge is 0.237 e. The van der Waals surface area contributed by atoms with Gasteiger partial charge in [-0.2, -0.15) is 4.98 Å². The van der Waals surface area contributed by atoms with Crippen LogP contribution in [0.2, 0.25) is 0 Å². The van der Waals surface area contributed by atoms with Crippen molar-refractivity contribution in [1.82, 2.24) is 20.1 Å². The number of nitrogens with zero attached hydrogens (tertiary/aromatic N) is 4. The van der Waals surface area contributed by atoms with Gasteiger partial charge in [-0.15, -0.1) is 0 Å². The average Bonchev–Trinajstić information content (AvgIpc) is 3.24. The summed E-state index contributed by atoms with van der Waals surface area (Å²) in [4.78, 5) is 25.7. The number of aromatic nitrogens is 4. The van der Waals surface area contributed by atoms with Crippen LogP contribution in [-0.4, -0.2) is 40.2 Å². The number of ether oxygens (including phenoxy) is 1. The topological polar surface area (TPSA) is 115 Å². The van der Waals surface area contributed by atoms with E-state index in [1.165, 1.54) is 11.8 Å². The largest absolute Gasteiger partial charge is 0.495 e. The molecule has 10 heteroatoms. The quantitative estimate of drug-likeness (QED) is 0.316. The monoisotopic (exact) mass is 436 g/mol. The SMILES string of the molecule is CNc1nc(SCc2nc(CC(=O)Nc3ccccc3OC)no2)nc2ccccc12. The summed E-state index contributed by atoms with van der Waals surface area (Å²) in [6.07, 6.45) is -0.0113. The van der Waals surface area contributed by atoms with Gasteiger partial charge in [0.25, 0.3) is 0 Å². The van der Waals surface area contributed by atoms with Crippen molar-refractivity contribution in [3.8, 4) is 5.75 Å². The molecule has 0 atom stereocenters. The molecule has 2 aromatic heterocycles. The zero-order valence-electron chi connectivity index (χ0n) is 17.0. The molecule has 2 aromatic carbocycles. The number of fused-ring (bicyclic) bond motifs is 1. The van der Waals surface area contributed by atoms with Gasteiger partial charge < -0.3 is 19.9 Å². The molecule has 158 valence electrons. The highest BCUT2D eigenvalue weighted by atomic mass is 32.2. The Morgan fingerprint density at radius 2 is 1.90 bits per heavy atom. The third kappa shape index (κ3) is 4.92. The number of nitrogens with one attached hydrogen (secondary N) is 2. The third-order valence-corrected chi connectivity index (χ3v) is 5.19. The summed E-state index contributed by atoms with van der Waals surface area (Å²) >= 11 is 1.38. The van der Waals surface area contributed by atoms with Gasteiger partial charge in [-0.1, -0.05) is 41.2 Å². The molecule has 31 heavy (non-hydrogen) atoms. The molecule has 0 aliphatic carbocycles. The van der Waals surface area contributed by atoms with Gasteiger partial charge in [0.2, 0.25) is 11.8 Å². The van der Waals surface area contributed by atoms with Crippen LogP contribution in [0.1, 0.15) is 11.7 Å². The van der Waals surface area contributed by atoms with Gasteiger partial charge in [-0.05, 0) is 24.3 Å². The molecule has 0 bridgehead atoms. The van der Waals surface area contributed by atoms with Crippen molar-refractivity contribution in [3.63, 3.8) is 0 Å². The Balaban J connectivity index is 1.38. The molecule has 0 aliphatic rings. The Bertz CT molecular complexity index is 1210.